The van der Waals surface area contributed by atoms with Crippen molar-refractivity contribution in [3.05, 3.63) is 35.9 Å². The Balaban J connectivity index is 2.20. The van der Waals surface area contributed by atoms with Crippen molar-refractivity contribution in [3.63, 3.8) is 0 Å². The lowest BCUT2D eigenvalue weighted by Gasteiger charge is -2.40. The van der Waals surface area contributed by atoms with Crippen molar-refractivity contribution in [2.24, 2.45) is 0 Å². The minimum atomic E-state index is -0.596. The van der Waals surface area contributed by atoms with Crippen LogP contribution in [0, 0.1) is 11.3 Å². The van der Waals surface area contributed by atoms with E-state index in [0.29, 0.717) is 6.04 Å². The molecule has 0 heterocycles. The van der Waals surface area contributed by atoms with Gasteiger partial charge in [-0.25, -0.2) is 0 Å². The van der Waals surface area contributed by atoms with Crippen LogP contribution in [0.15, 0.2) is 30.3 Å². The zero-order chi connectivity index (χ0) is 14.4. The van der Waals surface area contributed by atoms with Crippen molar-refractivity contribution < 1.29 is 0 Å². The Morgan fingerprint density at radius 1 is 1.35 bits per heavy atom. The van der Waals surface area contributed by atoms with E-state index >= 15 is 0 Å². The molecule has 3 heteroatoms. The fourth-order valence-electron chi connectivity index (χ4n) is 2.78. The van der Waals surface area contributed by atoms with Crippen LogP contribution in [0.25, 0.3) is 0 Å². The highest BCUT2D eigenvalue weighted by atomic mass is 15.2. The topological polar surface area (TPSA) is 39.1 Å². The highest BCUT2D eigenvalue weighted by Crippen LogP contribution is 2.28. The number of hydrogen-bond donors (Lipinski definition) is 1. The molecule has 3 nitrogen and oxygen atoms in total. The second-order valence-corrected chi connectivity index (χ2v) is 5.81. The van der Waals surface area contributed by atoms with Crippen LogP contribution in [0.4, 0.5) is 0 Å². The van der Waals surface area contributed by atoms with Gasteiger partial charge in [0.05, 0.1) is 6.07 Å². The minimum absolute atomic E-state index is 0.596. The molecule has 1 aromatic carbocycles. The van der Waals surface area contributed by atoms with Gasteiger partial charge in [-0.05, 0) is 38.4 Å². The maximum absolute atomic E-state index is 9.84. The lowest BCUT2D eigenvalue weighted by Crippen LogP contribution is -2.52. The molecule has 1 N–H and O–H groups in total. The molecule has 1 aromatic rings. The third-order valence-corrected chi connectivity index (χ3v) is 4.32. The Morgan fingerprint density at radius 3 is 2.55 bits per heavy atom. The summed E-state index contributed by atoms with van der Waals surface area (Å²) >= 11 is 0. The van der Waals surface area contributed by atoms with Crippen LogP contribution in [0.1, 0.15) is 38.2 Å². The van der Waals surface area contributed by atoms with E-state index in [-0.39, 0.29) is 0 Å². The first kappa shape index (κ1) is 15.0. The van der Waals surface area contributed by atoms with Crippen molar-refractivity contribution >= 4 is 0 Å². The van der Waals surface area contributed by atoms with Crippen molar-refractivity contribution in [2.75, 3.05) is 20.1 Å². The summed E-state index contributed by atoms with van der Waals surface area (Å²) < 4.78 is 0. The molecule has 20 heavy (non-hydrogen) atoms. The fraction of sp³-hybridized carbons (Fsp3) is 0.588. The Labute approximate surface area is 122 Å². The molecule has 0 radical (unpaired) electrons. The number of nitrogens with one attached hydrogen (secondary N) is 1. The molecule has 0 spiro atoms. The van der Waals surface area contributed by atoms with Crippen LogP contribution >= 0.6 is 0 Å². The van der Waals surface area contributed by atoms with Gasteiger partial charge in [-0.2, -0.15) is 5.26 Å². The van der Waals surface area contributed by atoms with E-state index in [1.54, 1.807) is 0 Å². The van der Waals surface area contributed by atoms with E-state index in [0.717, 1.165) is 25.1 Å². The number of likely N-dealkylation sites (N-methyl/N-ethyl adjacent to an activating group) is 1. The molecule has 1 aliphatic carbocycles. The normalized spacial score (nSPS) is 18.3. The standard InChI is InChI=1S/C17H25N3/c1-3-12-19-17(13-18,15-8-5-4-6-9-15)14-20(2)16-10-7-11-16/h4-6,8-9,16,19H,3,7,10-12,14H2,1-2H3. The minimum Gasteiger partial charge on any atom is -0.300 e. The first-order valence-electron chi connectivity index (χ1n) is 7.64. The van der Waals surface area contributed by atoms with E-state index in [1.807, 2.05) is 18.2 Å². The Morgan fingerprint density at radius 2 is 2.05 bits per heavy atom. The van der Waals surface area contributed by atoms with Gasteiger partial charge >= 0.3 is 0 Å². The summed E-state index contributed by atoms with van der Waals surface area (Å²) in [6.07, 6.45) is 4.88. The van der Waals surface area contributed by atoms with Gasteiger partial charge in [0.1, 0.15) is 5.54 Å². The highest BCUT2D eigenvalue weighted by Gasteiger charge is 2.35. The Kier molecular flexibility index (Phi) is 5.17. The molecule has 0 aromatic heterocycles. The molecular weight excluding hydrogens is 246 g/mol. The first-order valence-corrected chi connectivity index (χ1v) is 7.64. The molecule has 108 valence electrons. The van der Waals surface area contributed by atoms with Gasteiger partial charge in [0.15, 0.2) is 0 Å². The van der Waals surface area contributed by atoms with E-state index in [4.69, 9.17) is 0 Å². The molecule has 1 unspecified atom stereocenters. The third-order valence-electron chi connectivity index (χ3n) is 4.32. The SMILES string of the molecule is CCCNC(C#N)(CN(C)C1CCC1)c1ccccc1. The number of nitrogens with zero attached hydrogens (tertiary/aromatic N) is 2. The van der Waals surface area contributed by atoms with Gasteiger partial charge in [0, 0.05) is 12.6 Å². The van der Waals surface area contributed by atoms with Crippen molar-refractivity contribution in [1.29, 1.82) is 5.26 Å². The maximum atomic E-state index is 9.84. The van der Waals surface area contributed by atoms with E-state index in [2.05, 4.69) is 42.4 Å². The van der Waals surface area contributed by atoms with Crippen LogP contribution < -0.4 is 5.32 Å². The van der Waals surface area contributed by atoms with E-state index in [9.17, 15) is 5.26 Å². The van der Waals surface area contributed by atoms with Crippen molar-refractivity contribution in [2.45, 2.75) is 44.2 Å². The smallest absolute Gasteiger partial charge is 0.145 e. The van der Waals surface area contributed by atoms with Gasteiger partial charge in [0.25, 0.3) is 0 Å². The molecule has 1 fully saturated rings. The largest absolute Gasteiger partial charge is 0.300 e. The number of hydrogen-bond acceptors (Lipinski definition) is 3. The van der Waals surface area contributed by atoms with Crippen LogP contribution in [0.3, 0.4) is 0 Å². The summed E-state index contributed by atoms with van der Waals surface area (Å²) in [5, 5.41) is 13.3. The molecule has 2 rings (SSSR count). The fourth-order valence-corrected chi connectivity index (χ4v) is 2.78. The monoisotopic (exact) mass is 271 g/mol. The summed E-state index contributed by atoms with van der Waals surface area (Å²) in [6, 6.07) is 13.3. The first-order chi connectivity index (χ1) is 9.72. The molecule has 0 amide bonds. The Hall–Kier alpha value is -1.37. The Bertz CT molecular complexity index is 447. The zero-order valence-electron chi connectivity index (χ0n) is 12.6. The molecule has 1 atom stereocenters. The zero-order valence-corrected chi connectivity index (χ0v) is 12.6. The second kappa shape index (κ2) is 6.88. The average Bonchev–Trinajstić information content (AvgIpc) is 2.42. The summed E-state index contributed by atoms with van der Waals surface area (Å²) in [5.74, 6) is 0. The lowest BCUT2D eigenvalue weighted by molar-refractivity contribution is 0.129. The van der Waals surface area contributed by atoms with Gasteiger partial charge in [-0.1, -0.05) is 43.7 Å². The summed E-state index contributed by atoms with van der Waals surface area (Å²) in [7, 11) is 2.15. The quantitative estimate of drug-likeness (QED) is 0.829. The molecule has 0 aliphatic heterocycles. The van der Waals surface area contributed by atoms with Gasteiger partial charge in [-0.3, -0.25) is 5.32 Å². The highest BCUT2D eigenvalue weighted by molar-refractivity contribution is 5.32. The van der Waals surface area contributed by atoms with Gasteiger partial charge in [0.2, 0.25) is 0 Å². The number of rotatable bonds is 7. The van der Waals surface area contributed by atoms with Gasteiger partial charge < -0.3 is 4.90 Å². The van der Waals surface area contributed by atoms with Crippen molar-refractivity contribution in [1.82, 2.24) is 10.2 Å². The van der Waals surface area contributed by atoms with Crippen LogP contribution in [0.5, 0.6) is 0 Å². The maximum Gasteiger partial charge on any atom is 0.145 e. The second-order valence-electron chi connectivity index (χ2n) is 5.81. The third kappa shape index (κ3) is 3.20. The van der Waals surface area contributed by atoms with Crippen LogP contribution in [-0.2, 0) is 5.54 Å². The molecule has 1 aliphatic rings. The number of nitriles is 1. The number of benzene rings is 1. The lowest BCUT2D eigenvalue weighted by atomic mass is 9.87. The van der Waals surface area contributed by atoms with Gasteiger partial charge in [-0.15, -0.1) is 0 Å². The van der Waals surface area contributed by atoms with Crippen molar-refractivity contribution in [3.8, 4) is 6.07 Å². The molecular formula is C17H25N3. The molecule has 0 bridgehead atoms. The molecule has 0 saturated heterocycles. The van der Waals surface area contributed by atoms with Crippen LogP contribution in [-0.4, -0.2) is 31.1 Å². The summed E-state index contributed by atoms with van der Waals surface area (Å²) in [6.45, 7) is 3.74. The van der Waals surface area contributed by atoms with E-state index < -0.39 is 5.54 Å². The summed E-state index contributed by atoms with van der Waals surface area (Å²) in [4.78, 5) is 2.35. The molecule has 1 saturated carbocycles. The van der Waals surface area contributed by atoms with E-state index in [1.165, 1.54) is 19.3 Å². The predicted octanol–water partition coefficient (Wildman–Crippen LogP) is 2.89. The predicted molar refractivity (Wildman–Crippen MR) is 82.3 cm³/mol. The summed E-state index contributed by atoms with van der Waals surface area (Å²) in [5.41, 5.74) is 0.476. The average molecular weight is 271 g/mol. The van der Waals surface area contributed by atoms with Crippen LogP contribution in [0.2, 0.25) is 0 Å².